The SMILES string of the molecule is CN1C(=O)Cc2nnn(P(P)PP)c2C1=O.CN1CCc2nnn(P(P)PP)c2C1=O. The van der Waals surface area contributed by atoms with E-state index in [1.54, 1.807) is 13.8 Å². The minimum absolute atomic E-state index is 0.0412. The molecular weight excluding hydrogens is 552 g/mol. The number of amides is 3. The van der Waals surface area contributed by atoms with Gasteiger partial charge in [-0.25, -0.2) is 8.90 Å². The van der Waals surface area contributed by atoms with Crippen LogP contribution in [0.1, 0.15) is 32.4 Å². The molecule has 2 aromatic heterocycles. The molecule has 0 spiro atoms. The maximum Gasteiger partial charge on any atom is 0.280 e. The van der Waals surface area contributed by atoms with Gasteiger partial charge in [0.1, 0.15) is 5.69 Å². The quantitative estimate of drug-likeness (QED) is 0.406. The first-order chi connectivity index (χ1) is 14.7. The highest BCUT2D eigenvalue weighted by Crippen LogP contribution is 2.67. The van der Waals surface area contributed by atoms with Gasteiger partial charge in [0.15, 0.2) is 11.4 Å². The van der Waals surface area contributed by atoms with Crippen molar-refractivity contribution in [3.05, 3.63) is 22.8 Å². The molecular formula is C12H22N8O3P8. The molecule has 4 rings (SSSR count). The fraction of sp³-hybridized carbons (Fsp3) is 0.417. The highest BCUT2D eigenvalue weighted by molar-refractivity contribution is 8.61. The Morgan fingerprint density at radius 2 is 1.39 bits per heavy atom. The van der Waals surface area contributed by atoms with Crippen molar-refractivity contribution in [1.82, 2.24) is 39.3 Å². The lowest BCUT2D eigenvalue weighted by atomic mass is 10.1. The van der Waals surface area contributed by atoms with Crippen LogP contribution in [0.2, 0.25) is 0 Å². The molecule has 0 fully saturated rings. The Hall–Kier alpha value is 0.330. The molecule has 0 bridgehead atoms. The van der Waals surface area contributed by atoms with Crippen LogP contribution in [0.3, 0.4) is 0 Å². The number of aromatic nitrogens is 6. The van der Waals surface area contributed by atoms with Gasteiger partial charge in [-0.2, -0.15) is 0 Å². The maximum absolute atomic E-state index is 11.9. The third-order valence-corrected chi connectivity index (χ3v) is 23.3. The van der Waals surface area contributed by atoms with Crippen LogP contribution in [0.5, 0.6) is 0 Å². The number of carbonyl (C=O) groups excluding carboxylic acids is 3. The average molecular weight is 574 g/mol. The Balaban J connectivity index is 0.000000176. The molecule has 2 aromatic rings. The lowest BCUT2D eigenvalue weighted by Gasteiger charge is -2.23. The molecule has 0 aromatic carbocycles. The van der Waals surface area contributed by atoms with E-state index in [0.717, 1.165) is 23.6 Å². The van der Waals surface area contributed by atoms with E-state index in [4.69, 9.17) is 0 Å². The van der Waals surface area contributed by atoms with Gasteiger partial charge in [-0.1, -0.05) is 28.3 Å². The van der Waals surface area contributed by atoms with E-state index >= 15 is 0 Å². The number of rotatable bonds is 4. The first kappa shape index (κ1) is 25.9. The van der Waals surface area contributed by atoms with Gasteiger partial charge >= 0.3 is 0 Å². The summed E-state index contributed by atoms with van der Waals surface area (Å²) in [7, 11) is 14.2. The number of hydrogen-bond donors (Lipinski definition) is 0. The largest absolute Gasteiger partial charge is 0.340 e. The topological polar surface area (TPSA) is 119 Å². The van der Waals surface area contributed by atoms with Gasteiger partial charge in [-0.3, -0.25) is 19.3 Å². The number of imide groups is 1. The average Bonchev–Trinajstić information content (AvgIpc) is 3.39. The lowest BCUT2D eigenvalue weighted by molar-refractivity contribution is -0.127. The summed E-state index contributed by atoms with van der Waals surface area (Å²) in [6.45, 7) is 0.739. The summed E-state index contributed by atoms with van der Waals surface area (Å²) in [5.41, 5.74) is 2.47. The molecule has 2 aliphatic rings. The van der Waals surface area contributed by atoms with Crippen LogP contribution in [-0.2, 0) is 17.6 Å². The van der Waals surface area contributed by atoms with Crippen LogP contribution >= 0.6 is 66.5 Å². The highest BCUT2D eigenvalue weighted by Gasteiger charge is 2.34. The van der Waals surface area contributed by atoms with Crippen LogP contribution in [0.25, 0.3) is 0 Å². The minimum atomic E-state index is -0.619. The van der Waals surface area contributed by atoms with Crippen LogP contribution in [-0.4, -0.2) is 77.7 Å². The van der Waals surface area contributed by atoms with Gasteiger partial charge in [0, 0.05) is 27.1 Å². The summed E-state index contributed by atoms with van der Waals surface area (Å²) >= 11 is 0. The second kappa shape index (κ2) is 11.2. The van der Waals surface area contributed by atoms with Crippen molar-refractivity contribution in [3.63, 3.8) is 0 Å². The molecule has 11 nitrogen and oxygen atoms in total. The van der Waals surface area contributed by atoms with Gasteiger partial charge in [0.25, 0.3) is 11.8 Å². The van der Waals surface area contributed by atoms with E-state index in [-0.39, 0.29) is 24.1 Å². The van der Waals surface area contributed by atoms with E-state index < -0.39 is 14.9 Å². The fourth-order valence-corrected chi connectivity index (χ4v) is 8.55. The molecule has 0 saturated carbocycles. The standard InChI is InChI=1S/C6H10N4O2P4.C6H12N4OP4/c1-9-4(11)2-3-5(6(9)12)10(8-7-3)16(14)15-13;1-9-3-2-4-5(6(9)11)10(8-7-4)15(13)14-12/h15H,2,13-14H2,1H3;14H,2-3,12-13H2,1H3. The van der Waals surface area contributed by atoms with Crippen molar-refractivity contribution in [1.29, 1.82) is 0 Å². The van der Waals surface area contributed by atoms with Gasteiger partial charge in [0.05, 0.1) is 27.0 Å². The second-order valence-corrected chi connectivity index (χ2v) is 24.0. The van der Waals surface area contributed by atoms with Crippen molar-refractivity contribution in [2.75, 3.05) is 20.6 Å². The molecule has 3 amide bonds. The van der Waals surface area contributed by atoms with E-state index in [9.17, 15) is 14.4 Å². The van der Waals surface area contributed by atoms with E-state index in [2.05, 4.69) is 56.3 Å². The van der Waals surface area contributed by atoms with Crippen LogP contribution in [0.4, 0.5) is 0 Å². The maximum atomic E-state index is 11.9. The number of fused-ring (bicyclic) bond motifs is 2. The van der Waals surface area contributed by atoms with Crippen LogP contribution < -0.4 is 0 Å². The fourth-order valence-electron chi connectivity index (χ4n) is 2.81. The smallest absolute Gasteiger partial charge is 0.280 e. The predicted octanol–water partition coefficient (Wildman–Crippen LogP) is 2.18. The van der Waals surface area contributed by atoms with E-state index in [1.807, 2.05) is 7.05 Å². The number of likely N-dealkylation sites (N-methyl/N-ethyl adjacent to an activating group) is 2. The zero-order valence-corrected chi connectivity index (χ0v) is 25.0. The first-order valence-corrected chi connectivity index (χ1v) is 21.8. The van der Waals surface area contributed by atoms with Crippen molar-refractivity contribution in [2.45, 2.75) is 12.8 Å². The first-order valence-electron chi connectivity index (χ1n) is 8.69. The summed E-state index contributed by atoms with van der Waals surface area (Å²) in [5, 5.41) is 16.0. The Morgan fingerprint density at radius 1 is 0.871 bits per heavy atom. The number of nitrogens with zero attached hydrogens (tertiary/aromatic N) is 8. The second-order valence-electron chi connectivity index (χ2n) is 6.41. The summed E-state index contributed by atoms with van der Waals surface area (Å²) < 4.78 is 3.41. The summed E-state index contributed by atoms with van der Waals surface area (Å²) in [4.78, 5) is 38.2. The Kier molecular flexibility index (Phi) is 9.35. The molecule has 8 unspecified atom stereocenters. The normalized spacial score (nSPS) is 18.5. The number of hydrogen-bond acceptors (Lipinski definition) is 7. The third-order valence-electron chi connectivity index (χ3n) is 4.55. The molecule has 0 saturated heterocycles. The Morgan fingerprint density at radius 3 is 1.94 bits per heavy atom. The molecule has 168 valence electrons. The van der Waals surface area contributed by atoms with Crippen molar-refractivity contribution >= 4 is 84.3 Å². The highest BCUT2D eigenvalue weighted by atomic mass is 32.6. The summed E-state index contributed by atoms with van der Waals surface area (Å²) in [6, 6.07) is 0. The molecule has 0 radical (unpaired) electrons. The van der Waals surface area contributed by atoms with Crippen molar-refractivity contribution in [3.8, 4) is 0 Å². The van der Waals surface area contributed by atoms with E-state index in [1.165, 1.54) is 7.05 Å². The third kappa shape index (κ3) is 5.37. The van der Waals surface area contributed by atoms with Crippen molar-refractivity contribution < 1.29 is 14.4 Å². The molecule has 19 heteroatoms. The van der Waals surface area contributed by atoms with Crippen LogP contribution in [0, 0.1) is 0 Å². The minimum Gasteiger partial charge on any atom is -0.340 e. The van der Waals surface area contributed by atoms with Gasteiger partial charge in [0.2, 0.25) is 5.91 Å². The summed E-state index contributed by atoms with van der Waals surface area (Å²) in [6.07, 6.45) is 0.969. The van der Waals surface area contributed by atoms with Gasteiger partial charge < -0.3 is 4.90 Å². The van der Waals surface area contributed by atoms with Crippen LogP contribution in [0.15, 0.2) is 0 Å². The Labute approximate surface area is 194 Å². The monoisotopic (exact) mass is 574 g/mol. The molecule has 0 N–H and O–H groups in total. The van der Waals surface area contributed by atoms with Crippen molar-refractivity contribution in [2.24, 2.45) is 0 Å². The predicted molar refractivity (Wildman–Crippen MR) is 142 cm³/mol. The number of carbonyl (C=O) groups is 3. The van der Waals surface area contributed by atoms with Gasteiger partial charge in [-0.15, -0.1) is 28.1 Å². The zero-order valence-electron chi connectivity index (χ0n) is 16.6. The molecule has 2 aliphatic heterocycles. The molecule has 8 atom stereocenters. The molecule has 0 aliphatic carbocycles. The molecule has 4 heterocycles. The summed E-state index contributed by atoms with van der Waals surface area (Å²) in [5.74, 6) is -0.500. The molecule has 31 heavy (non-hydrogen) atoms. The zero-order chi connectivity index (χ0) is 22.9. The van der Waals surface area contributed by atoms with E-state index in [0.29, 0.717) is 33.0 Å². The van der Waals surface area contributed by atoms with Gasteiger partial charge in [-0.05, 0) is 15.9 Å². The Bertz CT molecular complexity index is 1010. The lowest BCUT2D eigenvalue weighted by Crippen LogP contribution is -2.39.